The lowest BCUT2D eigenvalue weighted by atomic mass is 10.1. The summed E-state index contributed by atoms with van der Waals surface area (Å²) >= 11 is 1.86. The number of fused-ring (bicyclic) bond motifs is 7. The zero-order chi connectivity index (χ0) is 28.3. The Hall–Kier alpha value is -5.38. The van der Waals surface area contributed by atoms with Gasteiger partial charge in [-0.05, 0) is 83.6 Å². The highest BCUT2D eigenvalue weighted by molar-refractivity contribution is 7.26. The molecule has 9 aromatic rings. The first kappa shape index (κ1) is 24.2. The molecule has 0 radical (unpaired) electrons. The molecule has 0 saturated heterocycles. The van der Waals surface area contributed by atoms with E-state index in [0.29, 0.717) is 0 Å². The monoisotopic (exact) mass is 566 g/mol. The normalized spacial score (nSPS) is 11.7. The molecule has 202 valence electrons. The van der Waals surface area contributed by atoms with Gasteiger partial charge in [-0.15, -0.1) is 11.3 Å². The fourth-order valence-electron chi connectivity index (χ4n) is 6.63. The molecule has 0 atom stereocenters. The lowest BCUT2D eigenvalue weighted by molar-refractivity contribution is 1.18. The van der Waals surface area contributed by atoms with Crippen LogP contribution in [0.5, 0.6) is 0 Å². The summed E-state index contributed by atoms with van der Waals surface area (Å²) in [5.74, 6) is 0. The van der Waals surface area contributed by atoms with Crippen molar-refractivity contribution in [2.24, 2.45) is 0 Å². The Morgan fingerprint density at radius 1 is 0.442 bits per heavy atom. The molecule has 0 amide bonds. The molecule has 0 aliphatic heterocycles. The largest absolute Gasteiger partial charge is 0.310 e. The first-order valence-corrected chi connectivity index (χ1v) is 15.4. The molecule has 0 N–H and O–H groups in total. The molecule has 2 heterocycles. The second kappa shape index (κ2) is 9.59. The lowest BCUT2D eigenvalue weighted by Gasteiger charge is -2.26. The van der Waals surface area contributed by atoms with Crippen LogP contribution >= 0.6 is 11.3 Å². The summed E-state index contributed by atoms with van der Waals surface area (Å²) in [6.07, 6.45) is 0. The minimum Gasteiger partial charge on any atom is -0.310 e. The van der Waals surface area contributed by atoms with Crippen LogP contribution in [0.4, 0.5) is 17.1 Å². The van der Waals surface area contributed by atoms with Gasteiger partial charge in [0.1, 0.15) is 0 Å². The van der Waals surface area contributed by atoms with Crippen LogP contribution in [-0.4, -0.2) is 4.57 Å². The van der Waals surface area contributed by atoms with Crippen molar-refractivity contribution in [2.75, 3.05) is 4.90 Å². The van der Waals surface area contributed by atoms with E-state index in [9.17, 15) is 0 Å². The zero-order valence-electron chi connectivity index (χ0n) is 23.3. The summed E-state index contributed by atoms with van der Waals surface area (Å²) in [7, 11) is 0. The smallest absolute Gasteiger partial charge is 0.0554 e. The highest BCUT2D eigenvalue weighted by Crippen LogP contribution is 2.45. The number of aromatic nitrogens is 1. The number of rotatable bonds is 4. The quantitative estimate of drug-likeness (QED) is 0.206. The van der Waals surface area contributed by atoms with Crippen molar-refractivity contribution in [1.29, 1.82) is 0 Å². The fourth-order valence-corrected chi connectivity index (χ4v) is 7.76. The first-order chi connectivity index (χ1) is 21.3. The van der Waals surface area contributed by atoms with Crippen LogP contribution in [0.3, 0.4) is 0 Å². The highest BCUT2D eigenvalue weighted by Gasteiger charge is 2.19. The molecule has 7 aromatic carbocycles. The molecular weight excluding hydrogens is 541 g/mol. The van der Waals surface area contributed by atoms with Crippen LogP contribution in [0.2, 0.25) is 0 Å². The van der Waals surface area contributed by atoms with Crippen LogP contribution in [0.15, 0.2) is 158 Å². The van der Waals surface area contributed by atoms with E-state index < -0.39 is 0 Å². The third-order valence-corrected chi connectivity index (χ3v) is 9.68. The van der Waals surface area contributed by atoms with E-state index in [1.165, 1.54) is 58.4 Å². The standard InChI is InChI=1S/C40H26N2S/c1-2-13-29(14-3-1)41(36-18-10-20-39-40(36)33-16-7-9-19-38(33)43-39)30-21-23-31(24-22-30)42-35-17-8-6-15-32(35)34-25-27-11-4-5-12-28(27)26-37(34)42/h1-26H. The Morgan fingerprint density at radius 2 is 1.09 bits per heavy atom. The molecule has 2 nitrogen and oxygen atoms in total. The third kappa shape index (κ3) is 3.79. The summed E-state index contributed by atoms with van der Waals surface area (Å²) in [6, 6.07) is 57.2. The van der Waals surface area contributed by atoms with Gasteiger partial charge in [0, 0.05) is 48.0 Å². The summed E-state index contributed by atoms with van der Waals surface area (Å²) in [6.45, 7) is 0. The second-order valence-corrected chi connectivity index (χ2v) is 12.1. The lowest BCUT2D eigenvalue weighted by Crippen LogP contribution is -2.10. The van der Waals surface area contributed by atoms with Gasteiger partial charge in [-0.25, -0.2) is 0 Å². The summed E-state index contributed by atoms with van der Waals surface area (Å²) in [5.41, 5.74) is 7.05. The molecular formula is C40H26N2S. The van der Waals surface area contributed by atoms with Gasteiger partial charge in [0.05, 0.1) is 16.7 Å². The molecule has 0 saturated carbocycles. The van der Waals surface area contributed by atoms with Crippen molar-refractivity contribution < 1.29 is 0 Å². The van der Waals surface area contributed by atoms with Gasteiger partial charge in [-0.1, -0.05) is 84.9 Å². The number of para-hydroxylation sites is 2. The Bertz CT molecular complexity index is 2450. The minimum atomic E-state index is 1.13. The molecule has 0 fully saturated rings. The first-order valence-electron chi connectivity index (χ1n) is 14.6. The van der Waals surface area contributed by atoms with E-state index in [2.05, 4.69) is 167 Å². The van der Waals surface area contributed by atoms with Gasteiger partial charge in [-0.3, -0.25) is 0 Å². The van der Waals surface area contributed by atoms with E-state index >= 15 is 0 Å². The van der Waals surface area contributed by atoms with Crippen LogP contribution in [-0.2, 0) is 0 Å². The highest BCUT2D eigenvalue weighted by atomic mass is 32.1. The van der Waals surface area contributed by atoms with E-state index in [1.54, 1.807) is 0 Å². The molecule has 0 bridgehead atoms. The van der Waals surface area contributed by atoms with Gasteiger partial charge in [0.25, 0.3) is 0 Å². The number of hydrogen-bond donors (Lipinski definition) is 0. The maximum absolute atomic E-state index is 2.40. The number of hydrogen-bond acceptors (Lipinski definition) is 2. The van der Waals surface area contributed by atoms with Gasteiger partial charge in [0.15, 0.2) is 0 Å². The number of thiophene rings is 1. The van der Waals surface area contributed by atoms with Gasteiger partial charge in [0.2, 0.25) is 0 Å². The summed E-state index contributed by atoms with van der Waals surface area (Å²) in [4.78, 5) is 2.39. The summed E-state index contributed by atoms with van der Waals surface area (Å²) in [5, 5.41) is 7.66. The second-order valence-electron chi connectivity index (χ2n) is 11.0. The van der Waals surface area contributed by atoms with Crippen LogP contribution < -0.4 is 4.90 Å². The average molecular weight is 567 g/mol. The van der Waals surface area contributed by atoms with Crippen molar-refractivity contribution in [1.82, 2.24) is 4.57 Å². The average Bonchev–Trinajstić information content (AvgIpc) is 3.61. The van der Waals surface area contributed by atoms with Gasteiger partial charge in [-0.2, -0.15) is 0 Å². The Labute approximate surface area is 253 Å². The zero-order valence-corrected chi connectivity index (χ0v) is 24.1. The van der Waals surface area contributed by atoms with Crippen molar-refractivity contribution >= 4 is 81.1 Å². The minimum absolute atomic E-state index is 1.13. The van der Waals surface area contributed by atoms with Crippen molar-refractivity contribution in [3.63, 3.8) is 0 Å². The number of anilines is 3. The predicted molar refractivity (Wildman–Crippen MR) is 186 cm³/mol. The maximum atomic E-state index is 2.40. The molecule has 9 rings (SSSR count). The van der Waals surface area contributed by atoms with Crippen molar-refractivity contribution in [3.8, 4) is 5.69 Å². The summed E-state index contributed by atoms with van der Waals surface area (Å²) < 4.78 is 5.02. The van der Waals surface area contributed by atoms with Gasteiger partial charge >= 0.3 is 0 Å². The fraction of sp³-hybridized carbons (Fsp3) is 0. The van der Waals surface area contributed by atoms with Crippen LogP contribution in [0.25, 0.3) is 58.4 Å². The maximum Gasteiger partial charge on any atom is 0.0554 e. The van der Waals surface area contributed by atoms with E-state index in [-0.39, 0.29) is 0 Å². The molecule has 0 aliphatic carbocycles. The van der Waals surface area contributed by atoms with Crippen molar-refractivity contribution in [3.05, 3.63) is 158 Å². The van der Waals surface area contributed by atoms with E-state index in [1.807, 2.05) is 11.3 Å². The third-order valence-electron chi connectivity index (χ3n) is 8.54. The Balaban J connectivity index is 1.25. The molecule has 3 heteroatoms. The molecule has 0 aliphatic rings. The molecule has 2 aromatic heterocycles. The van der Waals surface area contributed by atoms with Crippen molar-refractivity contribution in [2.45, 2.75) is 0 Å². The molecule has 43 heavy (non-hydrogen) atoms. The van der Waals surface area contributed by atoms with Crippen LogP contribution in [0.1, 0.15) is 0 Å². The topological polar surface area (TPSA) is 8.17 Å². The van der Waals surface area contributed by atoms with E-state index in [4.69, 9.17) is 0 Å². The SMILES string of the molecule is c1ccc(N(c2ccc(-n3c4ccccc4c4cc5ccccc5cc43)cc2)c2cccc3sc4ccccc4c23)cc1. The van der Waals surface area contributed by atoms with Gasteiger partial charge < -0.3 is 9.47 Å². The Kier molecular flexibility index (Phi) is 5.40. The van der Waals surface area contributed by atoms with Crippen LogP contribution in [0, 0.1) is 0 Å². The van der Waals surface area contributed by atoms with E-state index in [0.717, 1.165) is 17.1 Å². The molecule has 0 spiro atoms. The molecule has 0 unspecified atom stereocenters. The predicted octanol–water partition coefficient (Wildman–Crippen LogP) is 11.8. The number of benzene rings is 7. The number of nitrogens with zero attached hydrogens (tertiary/aromatic N) is 2. The Morgan fingerprint density at radius 3 is 1.93 bits per heavy atom.